The minimum Gasteiger partial charge on any atom is -0.496 e. The molecule has 4 atom stereocenters. The van der Waals surface area contributed by atoms with Gasteiger partial charge in [-0.25, -0.2) is 0 Å². The van der Waals surface area contributed by atoms with Crippen LogP contribution in [-0.2, 0) is 11.2 Å². The first-order valence-corrected chi connectivity index (χ1v) is 8.75. The Morgan fingerprint density at radius 3 is 2.77 bits per heavy atom. The second-order valence-corrected chi connectivity index (χ2v) is 7.85. The van der Waals surface area contributed by atoms with Gasteiger partial charge in [0.15, 0.2) is 0 Å². The Hall–Kier alpha value is -1.31. The molecule has 3 aliphatic rings. The zero-order chi connectivity index (χ0) is 15.5. The van der Waals surface area contributed by atoms with Crippen LogP contribution >= 0.6 is 0 Å². The van der Waals surface area contributed by atoms with Gasteiger partial charge in [-0.05, 0) is 79.5 Å². The Labute approximate surface area is 133 Å². The number of Topliss-reactive ketones (excluding diaryl/α,β-unsaturated/α-hetero) is 1. The van der Waals surface area contributed by atoms with Crippen molar-refractivity contribution in [1.82, 2.24) is 0 Å². The molecule has 0 heterocycles. The zero-order valence-electron chi connectivity index (χ0n) is 13.9. The van der Waals surface area contributed by atoms with Gasteiger partial charge < -0.3 is 4.74 Å². The molecule has 0 amide bonds. The molecule has 0 aromatic heterocycles. The molecule has 2 saturated carbocycles. The second kappa shape index (κ2) is 4.84. The standard InChI is InChI=1S/C20H26O2/c1-12-10-16-13(11-18(12)22-3)4-5-15-14(16)8-9-20(2)17(15)6-7-19(20)21/h10-11,14-15,17H,4-9H2,1-3H3/t14-,15-,17-,20+/m1/s1. The van der Waals surface area contributed by atoms with Gasteiger partial charge in [-0.2, -0.15) is 0 Å². The fraction of sp³-hybridized carbons (Fsp3) is 0.650. The molecule has 0 aliphatic heterocycles. The smallest absolute Gasteiger partial charge is 0.139 e. The van der Waals surface area contributed by atoms with Gasteiger partial charge in [0.25, 0.3) is 0 Å². The third kappa shape index (κ3) is 1.82. The summed E-state index contributed by atoms with van der Waals surface area (Å²) in [6.07, 6.45) is 6.61. The number of methoxy groups -OCH3 is 1. The first-order chi connectivity index (χ1) is 10.5. The normalized spacial score (nSPS) is 36.5. The Morgan fingerprint density at radius 1 is 1.18 bits per heavy atom. The summed E-state index contributed by atoms with van der Waals surface area (Å²) in [5, 5.41) is 0. The molecule has 0 bridgehead atoms. The highest BCUT2D eigenvalue weighted by Crippen LogP contribution is 2.59. The van der Waals surface area contributed by atoms with Gasteiger partial charge >= 0.3 is 0 Å². The molecule has 22 heavy (non-hydrogen) atoms. The lowest BCUT2D eigenvalue weighted by Gasteiger charge is -2.48. The zero-order valence-corrected chi connectivity index (χ0v) is 13.9. The number of hydrogen-bond acceptors (Lipinski definition) is 2. The third-order valence-corrected chi connectivity index (χ3v) is 6.95. The van der Waals surface area contributed by atoms with Crippen molar-refractivity contribution in [3.63, 3.8) is 0 Å². The molecular formula is C20H26O2. The Kier molecular flexibility index (Phi) is 3.15. The minimum absolute atomic E-state index is 0.0137. The number of rotatable bonds is 1. The van der Waals surface area contributed by atoms with E-state index in [2.05, 4.69) is 26.0 Å². The van der Waals surface area contributed by atoms with Crippen molar-refractivity contribution in [2.45, 2.75) is 58.3 Å². The molecule has 2 fully saturated rings. The van der Waals surface area contributed by atoms with Crippen LogP contribution in [0.2, 0.25) is 0 Å². The van der Waals surface area contributed by atoms with Crippen LogP contribution in [0.5, 0.6) is 5.75 Å². The maximum atomic E-state index is 12.4. The molecule has 2 nitrogen and oxygen atoms in total. The number of carbonyl (C=O) groups excluding carboxylic acids is 1. The Morgan fingerprint density at radius 2 is 2.00 bits per heavy atom. The number of aryl methyl sites for hydroxylation is 2. The highest BCUT2D eigenvalue weighted by atomic mass is 16.5. The van der Waals surface area contributed by atoms with Crippen LogP contribution in [0.15, 0.2) is 12.1 Å². The summed E-state index contributed by atoms with van der Waals surface area (Å²) < 4.78 is 5.50. The van der Waals surface area contributed by atoms with Crippen molar-refractivity contribution in [3.8, 4) is 5.75 Å². The monoisotopic (exact) mass is 298 g/mol. The van der Waals surface area contributed by atoms with Crippen LogP contribution in [0.3, 0.4) is 0 Å². The lowest BCUT2D eigenvalue weighted by molar-refractivity contribution is -0.129. The van der Waals surface area contributed by atoms with E-state index >= 15 is 0 Å². The predicted octanol–water partition coefficient (Wildman–Crippen LogP) is 4.43. The number of benzene rings is 1. The van der Waals surface area contributed by atoms with Crippen LogP contribution in [0, 0.1) is 24.2 Å². The fourth-order valence-electron chi connectivity index (χ4n) is 5.70. The molecule has 2 heteroatoms. The largest absolute Gasteiger partial charge is 0.496 e. The Bertz CT molecular complexity index is 633. The van der Waals surface area contributed by atoms with Crippen LogP contribution in [0.1, 0.15) is 61.6 Å². The van der Waals surface area contributed by atoms with E-state index in [1.54, 1.807) is 12.7 Å². The van der Waals surface area contributed by atoms with Gasteiger partial charge in [0, 0.05) is 11.8 Å². The SMILES string of the molecule is COc1cc2c(cc1C)[C@@H]1CC[C@]3(C)C(=O)CC[C@@H]3[C@@H]1CC2. The van der Waals surface area contributed by atoms with Gasteiger partial charge in [0.2, 0.25) is 0 Å². The quantitative estimate of drug-likeness (QED) is 0.766. The summed E-state index contributed by atoms with van der Waals surface area (Å²) in [5.74, 6) is 3.55. The van der Waals surface area contributed by atoms with Crippen molar-refractivity contribution < 1.29 is 9.53 Å². The average molecular weight is 298 g/mol. The maximum Gasteiger partial charge on any atom is 0.139 e. The predicted molar refractivity (Wildman–Crippen MR) is 87.4 cm³/mol. The average Bonchev–Trinajstić information content (AvgIpc) is 2.82. The molecule has 118 valence electrons. The van der Waals surface area contributed by atoms with Gasteiger partial charge in [-0.1, -0.05) is 13.0 Å². The van der Waals surface area contributed by atoms with Crippen molar-refractivity contribution in [3.05, 3.63) is 28.8 Å². The summed E-state index contributed by atoms with van der Waals surface area (Å²) in [5.41, 5.74) is 4.27. The lowest BCUT2D eigenvalue weighted by Crippen LogP contribution is -2.42. The van der Waals surface area contributed by atoms with Gasteiger partial charge in [-0.15, -0.1) is 0 Å². The third-order valence-electron chi connectivity index (χ3n) is 6.95. The molecule has 1 aromatic carbocycles. The lowest BCUT2D eigenvalue weighted by atomic mass is 9.55. The molecule has 0 spiro atoms. The van der Waals surface area contributed by atoms with E-state index in [4.69, 9.17) is 4.74 Å². The maximum absolute atomic E-state index is 12.4. The summed E-state index contributed by atoms with van der Waals surface area (Å²) in [6.45, 7) is 4.40. The molecule has 0 N–H and O–H groups in total. The molecule has 3 aliphatic carbocycles. The van der Waals surface area contributed by atoms with Crippen LogP contribution < -0.4 is 4.74 Å². The van der Waals surface area contributed by atoms with E-state index in [-0.39, 0.29) is 5.41 Å². The van der Waals surface area contributed by atoms with Crippen molar-refractivity contribution in [2.24, 2.45) is 17.3 Å². The number of fused-ring (bicyclic) bond motifs is 5. The summed E-state index contributed by atoms with van der Waals surface area (Å²) >= 11 is 0. The van der Waals surface area contributed by atoms with Crippen molar-refractivity contribution in [2.75, 3.05) is 7.11 Å². The number of ketones is 1. The summed E-state index contributed by atoms with van der Waals surface area (Å²) in [4.78, 5) is 12.4. The van der Waals surface area contributed by atoms with E-state index in [9.17, 15) is 4.79 Å². The van der Waals surface area contributed by atoms with E-state index in [0.717, 1.165) is 31.4 Å². The molecule has 1 aromatic rings. The topological polar surface area (TPSA) is 26.3 Å². The highest BCUT2D eigenvalue weighted by Gasteiger charge is 2.54. The van der Waals surface area contributed by atoms with Crippen LogP contribution in [0.4, 0.5) is 0 Å². The molecule has 0 saturated heterocycles. The van der Waals surface area contributed by atoms with E-state index in [1.807, 2.05) is 0 Å². The van der Waals surface area contributed by atoms with E-state index in [0.29, 0.717) is 23.5 Å². The molecular weight excluding hydrogens is 272 g/mol. The van der Waals surface area contributed by atoms with Gasteiger partial charge in [-0.3, -0.25) is 4.79 Å². The van der Waals surface area contributed by atoms with Crippen LogP contribution in [0.25, 0.3) is 0 Å². The van der Waals surface area contributed by atoms with Gasteiger partial charge in [0.1, 0.15) is 11.5 Å². The molecule has 4 rings (SSSR count). The van der Waals surface area contributed by atoms with Crippen molar-refractivity contribution in [1.29, 1.82) is 0 Å². The highest BCUT2D eigenvalue weighted by molar-refractivity contribution is 5.87. The number of hydrogen-bond donors (Lipinski definition) is 0. The number of ether oxygens (including phenoxy) is 1. The first-order valence-electron chi connectivity index (χ1n) is 8.75. The van der Waals surface area contributed by atoms with E-state index in [1.165, 1.54) is 24.0 Å². The minimum atomic E-state index is -0.0137. The Balaban J connectivity index is 1.73. The van der Waals surface area contributed by atoms with Gasteiger partial charge in [0.05, 0.1) is 7.11 Å². The van der Waals surface area contributed by atoms with E-state index < -0.39 is 0 Å². The number of carbonyl (C=O) groups is 1. The molecule has 0 unspecified atom stereocenters. The summed E-state index contributed by atoms with van der Waals surface area (Å²) in [7, 11) is 1.76. The first kappa shape index (κ1) is 14.3. The summed E-state index contributed by atoms with van der Waals surface area (Å²) in [6, 6.07) is 4.62. The fourth-order valence-corrected chi connectivity index (χ4v) is 5.70. The second-order valence-electron chi connectivity index (χ2n) is 7.85. The molecule has 0 radical (unpaired) electrons. The van der Waals surface area contributed by atoms with Crippen LogP contribution in [-0.4, -0.2) is 12.9 Å². The van der Waals surface area contributed by atoms with Crippen molar-refractivity contribution >= 4 is 5.78 Å².